The highest BCUT2D eigenvalue weighted by Gasteiger charge is 2.20. The predicted molar refractivity (Wildman–Crippen MR) is 92.4 cm³/mol. The topological polar surface area (TPSA) is 53.9 Å². The van der Waals surface area contributed by atoms with Crippen molar-refractivity contribution in [3.8, 4) is 0 Å². The molecule has 0 unspecified atom stereocenters. The van der Waals surface area contributed by atoms with Gasteiger partial charge in [0.05, 0.1) is 5.69 Å². The molecule has 1 aliphatic heterocycles. The molecule has 0 aliphatic carbocycles. The summed E-state index contributed by atoms with van der Waals surface area (Å²) in [7, 11) is 0. The minimum absolute atomic E-state index is 0.378. The number of fused-ring (bicyclic) bond motifs is 1. The lowest BCUT2D eigenvalue weighted by Gasteiger charge is -2.19. The lowest BCUT2D eigenvalue weighted by molar-refractivity contribution is 0.278. The Balaban J connectivity index is 1.77. The van der Waals surface area contributed by atoms with Gasteiger partial charge in [-0.05, 0) is 38.8 Å². The van der Waals surface area contributed by atoms with Crippen LogP contribution in [-0.2, 0) is 19.4 Å². The van der Waals surface area contributed by atoms with Crippen molar-refractivity contribution in [2.75, 3.05) is 18.4 Å². The molecule has 0 aromatic carbocycles. The quantitative estimate of drug-likeness (QED) is 0.940. The van der Waals surface area contributed by atoms with Crippen molar-refractivity contribution in [3.63, 3.8) is 0 Å². The fraction of sp³-hybridized carbons (Fsp3) is 0.500. The van der Waals surface area contributed by atoms with Crippen molar-refractivity contribution in [2.45, 2.75) is 46.2 Å². The zero-order chi connectivity index (χ0) is 16.2. The Kier molecular flexibility index (Phi) is 4.86. The van der Waals surface area contributed by atoms with Gasteiger partial charge in [0.25, 0.3) is 0 Å². The van der Waals surface area contributed by atoms with Crippen LogP contribution < -0.4 is 5.32 Å². The molecule has 5 heteroatoms. The smallest absolute Gasteiger partial charge is 0.133 e. The van der Waals surface area contributed by atoms with Crippen LogP contribution in [0.15, 0.2) is 24.5 Å². The van der Waals surface area contributed by atoms with Gasteiger partial charge < -0.3 is 5.32 Å². The Labute approximate surface area is 138 Å². The number of anilines is 1. The number of nitrogens with zero attached hydrogens (tertiary/aromatic N) is 4. The number of hydrogen-bond donors (Lipinski definition) is 1. The van der Waals surface area contributed by atoms with Crippen LogP contribution in [0.5, 0.6) is 0 Å². The zero-order valence-corrected chi connectivity index (χ0v) is 14.2. The van der Waals surface area contributed by atoms with Crippen molar-refractivity contribution in [1.29, 1.82) is 0 Å². The van der Waals surface area contributed by atoms with Crippen molar-refractivity contribution in [3.05, 3.63) is 47.2 Å². The second-order valence-electron chi connectivity index (χ2n) is 6.48. The van der Waals surface area contributed by atoms with E-state index in [1.165, 1.54) is 16.8 Å². The highest BCUT2D eigenvalue weighted by Crippen LogP contribution is 2.22. The van der Waals surface area contributed by atoms with Gasteiger partial charge >= 0.3 is 0 Å². The highest BCUT2D eigenvalue weighted by atomic mass is 15.1. The maximum Gasteiger partial charge on any atom is 0.133 e. The molecule has 0 spiro atoms. The maximum absolute atomic E-state index is 4.69. The number of rotatable bonds is 4. The number of pyridine rings is 1. The molecule has 1 N–H and O–H groups in total. The molecular weight excluding hydrogens is 286 g/mol. The highest BCUT2D eigenvalue weighted by molar-refractivity contribution is 5.48. The molecule has 0 amide bonds. The van der Waals surface area contributed by atoms with E-state index in [2.05, 4.69) is 40.1 Å². The molecule has 0 fully saturated rings. The van der Waals surface area contributed by atoms with Gasteiger partial charge in [-0.25, -0.2) is 9.97 Å². The summed E-state index contributed by atoms with van der Waals surface area (Å²) in [5.74, 6) is 1.87. The lowest BCUT2D eigenvalue weighted by Crippen LogP contribution is -2.26. The first kappa shape index (κ1) is 15.9. The third-order valence-electron chi connectivity index (χ3n) is 4.10. The predicted octanol–water partition coefficient (Wildman–Crippen LogP) is 2.60. The fourth-order valence-electron chi connectivity index (χ4n) is 3.07. The average molecular weight is 311 g/mol. The second kappa shape index (κ2) is 7.04. The standard InChI is InChI=1S/C18H25N5/c1-13(2)20-18-16-6-9-23(12-15-5-4-8-19-11-15)10-7-17(16)21-14(3)22-18/h4-5,8,11,13H,6-7,9-10,12H2,1-3H3,(H,20,21,22). The molecule has 2 aromatic rings. The van der Waals surface area contributed by atoms with E-state index in [1.54, 1.807) is 0 Å². The van der Waals surface area contributed by atoms with Crippen LogP contribution in [0, 0.1) is 6.92 Å². The molecule has 122 valence electrons. The number of aromatic nitrogens is 3. The third-order valence-corrected chi connectivity index (χ3v) is 4.10. The van der Waals surface area contributed by atoms with E-state index in [0.29, 0.717) is 6.04 Å². The van der Waals surface area contributed by atoms with Gasteiger partial charge in [0.2, 0.25) is 0 Å². The summed E-state index contributed by atoms with van der Waals surface area (Å²) in [5.41, 5.74) is 3.76. The first-order valence-corrected chi connectivity index (χ1v) is 8.36. The summed E-state index contributed by atoms with van der Waals surface area (Å²) in [6.07, 6.45) is 5.74. The van der Waals surface area contributed by atoms with Crippen LogP contribution in [0.3, 0.4) is 0 Å². The third kappa shape index (κ3) is 4.05. The van der Waals surface area contributed by atoms with E-state index < -0.39 is 0 Å². The zero-order valence-electron chi connectivity index (χ0n) is 14.2. The molecule has 0 radical (unpaired) electrons. The summed E-state index contributed by atoms with van der Waals surface area (Å²) in [5, 5.41) is 3.49. The molecule has 0 saturated heterocycles. The van der Waals surface area contributed by atoms with Crippen LogP contribution in [-0.4, -0.2) is 39.0 Å². The molecule has 0 bridgehead atoms. The molecule has 23 heavy (non-hydrogen) atoms. The number of hydrogen-bond acceptors (Lipinski definition) is 5. The summed E-state index contributed by atoms with van der Waals surface area (Å²) in [6.45, 7) is 9.27. The van der Waals surface area contributed by atoms with Gasteiger partial charge in [0.15, 0.2) is 0 Å². The van der Waals surface area contributed by atoms with E-state index in [-0.39, 0.29) is 0 Å². The van der Waals surface area contributed by atoms with E-state index in [1.807, 2.05) is 25.4 Å². The SMILES string of the molecule is Cc1nc2c(c(NC(C)C)n1)CCN(Cc1cccnc1)CC2. The van der Waals surface area contributed by atoms with Crippen LogP contribution in [0.1, 0.15) is 36.5 Å². The Morgan fingerprint density at radius 1 is 1.22 bits per heavy atom. The Morgan fingerprint density at radius 2 is 2.04 bits per heavy atom. The van der Waals surface area contributed by atoms with Gasteiger partial charge in [-0.3, -0.25) is 9.88 Å². The molecule has 0 saturated carbocycles. The van der Waals surface area contributed by atoms with Crippen LogP contribution in [0.4, 0.5) is 5.82 Å². The van der Waals surface area contributed by atoms with Crippen molar-refractivity contribution < 1.29 is 0 Å². The molecule has 3 rings (SSSR count). The van der Waals surface area contributed by atoms with Gasteiger partial charge in [-0.15, -0.1) is 0 Å². The minimum Gasteiger partial charge on any atom is -0.368 e. The first-order chi connectivity index (χ1) is 11.1. The molecule has 3 heterocycles. The first-order valence-electron chi connectivity index (χ1n) is 8.36. The minimum atomic E-state index is 0.378. The Morgan fingerprint density at radius 3 is 2.78 bits per heavy atom. The molecular formula is C18H25N5. The summed E-state index contributed by atoms with van der Waals surface area (Å²) >= 11 is 0. The normalized spacial score (nSPS) is 15.3. The van der Waals surface area contributed by atoms with E-state index in [9.17, 15) is 0 Å². The Bertz CT molecular complexity index is 654. The van der Waals surface area contributed by atoms with Crippen LogP contribution in [0.25, 0.3) is 0 Å². The van der Waals surface area contributed by atoms with E-state index >= 15 is 0 Å². The summed E-state index contributed by atoms with van der Waals surface area (Å²) in [6, 6.07) is 4.52. The van der Waals surface area contributed by atoms with Crippen molar-refractivity contribution in [2.24, 2.45) is 0 Å². The molecule has 2 aromatic heterocycles. The van der Waals surface area contributed by atoms with Gasteiger partial charge in [0, 0.05) is 50.1 Å². The number of aryl methyl sites for hydroxylation is 1. The van der Waals surface area contributed by atoms with Gasteiger partial charge in [-0.1, -0.05) is 6.07 Å². The van der Waals surface area contributed by atoms with E-state index in [4.69, 9.17) is 4.98 Å². The maximum atomic E-state index is 4.69. The van der Waals surface area contributed by atoms with Crippen LogP contribution >= 0.6 is 0 Å². The largest absolute Gasteiger partial charge is 0.368 e. The average Bonchev–Trinajstić information content (AvgIpc) is 2.70. The monoisotopic (exact) mass is 311 g/mol. The summed E-state index contributed by atoms with van der Waals surface area (Å²) in [4.78, 5) is 16.0. The summed E-state index contributed by atoms with van der Waals surface area (Å²) < 4.78 is 0. The lowest BCUT2D eigenvalue weighted by atomic mass is 10.1. The van der Waals surface area contributed by atoms with Gasteiger partial charge in [-0.2, -0.15) is 0 Å². The molecule has 5 nitrogen and oxygen atoms in total. The molecule has 1 aliphatic rings. The molecule has 0 atom stereocenters. The number of nitrogens with one attached hydrogen (secondary N) is 1. The second-order valence-corrected chi connectivity index (χ2v) is 6.48. The van der Waals surface area contributed by atoms with Crippen molar-refractivity contribution >= 4 is 5.82 Å². The van der Waals surface area contributed by atoms with Crippen molar-refractivity contribution in [1.82, 2.24) is 19.9 Å². The Hall–Kier alpha value is -2.01. The van der Waals surface area contributed by atoms with Crippen LogP contribution in [0.2, 0.25) is 0 Å². The fourth-order valence-corrected chi connectivity index (χ4v) is 3.07. The van der Waals surface area contributed by atoms with E-state index in [0.717, 1.165) is 44.1 Å². The van der Waals surface area contributed by atoms with Gasteiger partial charge in [0.1, 0.15) is 11.6 Å².